The number of carbonyl (C=O) groups excluding carboxylic acids is 1. The van der Waals surface area contributed by atoms with Crippen molar-refractivity contribution in [2.75, 3.05) is 13.1 Å². The number of hydrogen-bond acceptors (Lipinski definition) is 6. The van der Waals surface area contributed by atoms with Crippen LogP contribution in [0.3, 0.4) is 0 Å². The smallest absolute Gasteiger partial charge is 0.259 e. The van der Waals surface area contributed by atoms with E-state index in [1.165, 1.54) is 0 Å². The summed E-state index contributed by atoms with van der Waals surface area (Å²) in [4.78, 5) is 14.7. The number of likely N-dealkylation sites (tertiary alicyclic amines) is 1. The monoisotopic (exact) mass is 317 g/mol. The number of amides is 1. The van der Waals surface area contributed by atoms with E-state index in [1.54, 1.807) is 13.1 Å². The van der Waals surface area contributed by atoms with E-state index in [0.29, 0.717) is 37.4 Å². The predicted octanol–water partition coefficient (Wildman–Crippen LogP) is 1.12. The summed E-state index contributed by atoms with van der Waals surface area (Å²) in [6.45, 7) is 5.46. The molecule has 0 aromatic carbocycles. The zero-order chi connectivity index (χ0) is 16.0. The molecule has 0 saturated carbocycles. The fourth-order valence-corrected chi connectivity index (χ4v) is 3.46. The summed E-state index contributed by atoms with van der Waals surface area (Å²) in [7, 11) is 0. The van der Waals surface area contributed by atoms with Crippen molar-refractivity contribution in [2.24, 2.45) is 0 Å². The molecular formula is C15H19N5O3. The van der Waals surface area contributed by atoms with E-state index in [9.17, 15) is 4.79 Å². The number of aryl methyl sites for hydroxylation is 2. The molecule has 8 heteroatoms. The zero-order valence-corrected chi connectivity index (χ0v) is 13.2. The van der Waals surface area contributed by atoms with Crippen LogP contribution in [0.2, 0.25) is 0 Å². The van der Waals surface area contributed by atoms with Crippen molar-refractivity contribution in [3.05, 3.63) is 28.9 Å². The topological polar surface area (TPSA) is 86.3 Å². The Bertz CT molecular complexity index is 737. The Morgan fingerprint density at radius 3 is 3.17 bits per heavy atom. The second kappa shape index (κ2) is 5.45. The van der Waals surface area contributed by atoms with Crippen LogP contribution < -0.4 is 0 Å². The van der Waals surface area contributed by atoms with Crippen molar-refractivity contribution in [3.8, 4) is 0 Å². The lowest BCUT2D eigenvalue weighted by molar-refractivity contribution is -0.0628. The van der Waals surface area contributed by atoms with Gasteiger partial charge in [0.2, 0.25) is 0 Å². The van der Waals surface area contributed by atoms with Crippen molar-refractivity contribution in [3.63, 3.8) is 0 Å². The Labute approximate surface area is 133 Å². The molecule has 0 spiro atoms. The minimum atomic E-state index is -0.0489. The van der Waals surface area contributed by atoms with E-state index in [2.05, 4.69) is 15.5 Å². The van der Waals surface area contributed by atoms with Gasteiger partial charge in [0, 0.05) is 13.1 Å². The van der Waals surface area contributed by atoms with Gasteiger partial charge in [-0.2, -0.15) is 0 Å². The largest absolute Gasteiger partial charge is 0.368 e. The summed E-state index contributed by atoms with van der Waals surface area (Å²) in [5.74, 6) is 0.559. The first kappa shape index (κ1) is 14.4. The Kier molecular flexibility index (Phi) is 3.41. The highest BCUT2D eigenvalue weighted by atomic mass is 16.5. The summed E-state index contributed by atoms with van der Waals surface area (Å²) < 4.78 is 13.1. The number of rotatable bonds is 2. The molecule has 23 heavy (non-hydrogen) atoms. The number of aromatic nitrogens is 4. The van der Waals surface area contributed by atoms with Gasteiger partial charge in [0.25, 0.3) is 5.91 Å². The van der Waals surface area contributed by atoms with Crippen molar-refractivity contribution in [2.45, 2.75) is 45.4 Å². The van der Waals surface area contributed by atoms with E-state index < -0.39 is 0 Å². The summed E-state index contributed by atoms with van der Waals surface area (Å²) >= 11 is 0. The minimum Gasteiger partial charge on any atom is -0.368 e. The van der Waals surface area contributed by atoms with Crippen LogP contribution in [-0.2, 0) is 17.8 Å². The highest BCUT2D eigenvalue weighted by Crippen LogP contribution is 2.31. The third-order valence-electron chi connectivity index (χ3n) is 4.70. The molecule has 2 aliphatic heterocycles. The lowest BCUT2D eigenvalue weighted by atomic mass is 9.99. The van der Waals surface area contributed by atoms with Gasteiger partial charge in [-0.05, 0) is 19.8 Å². The van der Waals surface area contributed by atoms with Crippen LogP contribution in [-0.4, -0.2) is 50.2 Å². The molecule has 2 atom stereocenters. The fourth-order valence-electron chi connectivity index (χ4n) is 3.46. The number of ether oxygens (including phenoxy) is 1. The minimum absolute atomic E-state index is 0.0213. The van der Waals surface area contributed by atoms with Gasteiger partial charge in [-0.25, -0.2) is 4.68 Å². The molecule has 4 rings (SSSR count). The van der Waals surface area contributed by atoms with Crippen LogP contribution in [0.5, 0.6) is 0 Å². The Morgan fingerprint density at radius 2 is 2.35 bits per heavy atom. The maximum atomic E-state index is 12.9. The molecule has 1 fully saturated rings. The number of hydrogen-bond donors (Lipinski definition) is 0. The Morgan fingerprint density at radius 1 is 1.48 bits per heavy atom. The molecule has 8 nitrogen and oxygen atoms in total. The van der Waals surface area contributed by atoms with Gasteiger partial charge >= 0.3 is 0 Å². The van der Waals surface area contributed by atoms with Crippen LogP contribution >= 0.6 is 0 Å². The van der Waals surface area contributed by atoms with Gasteiger partial charge in [0.15, 0.2) is 0 Å². The first-order valence-electron chi connectivity index (χ1n) is 7.94. The van der Waals surface area contributed by atoms with Crippen LogP contribution in [0.15, 0.2) is 10.7 Å². The number of piperidine rings is 1. The standard InChI is InChI=1S/C15H19N5O3/c1-3-11-14(9(2)23-17-11)15(21)19-5-4-12-13(7-19)22-8-10-6-16-18-20(10)12/h6,12-13H,3-5,7-8H2,1-2H3/t12-,13-/m0/s1. The first-order chi connectivity index (χ1) is 11.2. The Hall–Kier alpha value is -2.22. The van der Waals surface area contributed by atoms with E-state index in [0.717, 1.165) is 17.8 Å². The summed E-state index contributed by atoms with van der Waals surface area (Å²) in [5.41, 5.74) is 2.31. The second-order valence-corrected chi connectivity index (χ2v) is 6.04. The third-order valence-corrected chi connectivity index (χ3v) is 4.70. The second-order valence-electron chi connectivity index (χ2n) is 6.04. The number of fused-ring (bicyclic) bond motifs is 3. The van der Waals surface area contributed by atoms with Crippen LogP contribution in [0.25, 0.3) is 0 Å². The maximum Gasteiger partial charge on any atom is 0.259 e. The summed E-state index contributed by atoms with van der Waals surface area (Å²) in [6.07, 6.45) is 3.17. The molecular weight excluding hydrogens is 298 g/mol. The average Bonchev–Trinajstić information content (AvgIpc) is 3.19. The van der Waals surface area contributed by atoms with Crippen LogP contribution in [0.1, 0.15) is 46.9 Å². The van der Waals surface area contributed by atoms with E-state index in [4.69, 9.17) is 9.26 Å². The molecule has 0 aliphatic carbocycles. The highest BCUT2D eigenvalue weighted by Gasteiger charge is 2.38. The van der Waals surface area contributed by atoms with Gasteiger partial charge in [0.1, 0.15) is 11.3 Å². The van der Waals surface area contributed by atoms with Gasteiger partial charge in [0.05, 0.1) is 36.3 Å². The Balaban J connectivity index is 1.55. The molecule has 0 N–H and O–H groups in total. The first-order valence-corrected chi connectivity index (χ1v) is 7.94. The van der Waals surface area contributed by atoms with Crippen molar-refractivity contribution >= 4 is 5.91 Å². The lowest BCUT2D eigenvalue weighted by Gasteiger charge is -2.40. The van der Waals surface area contributed by atoms with Gasteiger partial charge < -0.3 is 14.2 Å². The van der Waals surface area contributed by atoms with Crippen LogP contribution in [0, 0.1) is 6.92 Å². The fraction of sp³-hybridized carbons (Fsp3) is 0.600. The molecule has 2 aliphatic rings. The summed E-state index contributed by atoms with van der Waals surface area (Å²) in [6, 6.07) is 0.152. The SMILES string of the molecule is CCc1noc(C)c1C(=O)N1CC[C@H]2[C@H](C1)OCc1cnnn12. The maximum absolute atomic E-state index is 12.9. The highest BCUT2D eigenvalue weighted by molar-refractivity contribution is 5.96. The van der Waals surface area contributed by atoms with Crippen molar-refractivity contribution in [1.29, 1.82) is 0 Å². The average molecular weight is 317 g/mol. The van der Waals surface area contributed by atoms with Crippen molar-refractivity contribution in [1.82, 2.24) is 25.1 Å². The van der Waals surface area contributed by atoms with E-state index in [1.807, 2.05) is 16.5 Å². The molecule has 2 aromatic heterocycles. The van der Waals surface area contributed by atoms with Gasteiger partial charge in [-0.3, -0.25) is 4.79 Å². The molecule has 122 valence electrons. The van der Waals surface area contributed by atoms with Gasteiger partial charge in [-0.1, -0.05) is 17.3 Å². The van der Waals surface area contributed by atoms with E-state index in [-0.39, 0.29) is 18.1 Å². The summed E-state index contributed by atoms with van der Waals surface area (Å²) in [5, 5.41) is 12.1. The van der Waals surface area contributed by atoms with E-state index >= 15 is 0 Å². The van der Waals surface area contributed by atoms with Crippen LogP contribution in [0.4, 0.5) is 0 Å². The molecule has 1 amide bonds. The number of nitrogens with zero attached hydrogens (tertiary/aromatic N) is 5. The lowest BCUT2D eigenvalue weighted by Crippen LogP contribution is -2.50. The molecule has 0 unspecified atom stereocenters. The zero-order valence-electron chi connectivity index (χ0n) is 13.2. The third kappa shape index (κ3) is 2.24. The predicted molar refractivity (Wildman–Crippen MR) is 78.8 cm³/mol. The van der Waals surface area contributed by atoms with Gasteiger partial charge in [-0.15, -0.1) is 5.10 Å². The molecule has 4 heterocycles. The quantitative estimate of drug-likeness (QED) is 0.825. The molecule has 0 radical (unpaired) electrons. The normalized spacial score (nSPS) is 23.5. The number of carbonyl (C=O) groups is 1. The molecule has 0 bridgehead atoms. The molecule has 2 aromatic rings. The molecule has 1 saturated heterocycles. The van der Waals surface area contributed by atoms with Crippen molar-refractivity contribution < 1.29 is 14.1 Å².